The van der Waals surface area contributed by atoms with Crippen LogP contribution in [-0.4, -0.2) is 19.7 Å². The highest BCUT2D eigenvalue weighted by Crippen LogP contribution is 2.25. The molecule has 1 aliphatic rings. The van der Waals surface area contributed by atoms with Gasteiger partial charge in [-0.25, -0.2) is 0 Å². The minimum Gasteiger partial charge on any atom is -0.372 e. The first kappa shape index (κ1) is 11.6. The normalized spacial score (nSPS) is 20.2. The van der Waals surface area contributed by atoms with Crippen LogP contribution in [0.25, 0.3) is 0 Å². The SMILES string of the molecule is CCCNC[C@H]1OCCCc2ccccc21. The second-order valence-electron chi connectivity index (χ2n) is 4.37. The highest BCUT2D eigenvalue weighted by molar-refractivity contribution is 5.30. The van der Waals surface area contributed by atoms with Crippen molar-refractivity contribution in [2.45, 2.75) is 32.3 Å². The highest BCUT2D eigenvalue weighted by atomic mass is 16.5. The molecule has 0 amide bonds. The van der Waals surface area contributed by atoms with E-state index in [2.05, 4.69) is 36.5 Å². The van der Waals surface area contributed by atoms with Crippen molar-refractivity contribution in [2.24, 2.45) is 0 Å². The Bertz CT molecular complexity index is 324. The minimum atomic E-state index is 0.241. The molecular weight excluding hydrogens is 198 g/mol. The third-order valence-electron chi connectivity index (χ3n) is 3.07. The number of benzene rings is 1. The van der Waals surface area contributed by atoms with Gasteiger partial charge in [0.25, 0.3) is 0 Å². The van der Waals surface area contributed by atoms with E-state index >= 15 is 0 Å². The number of nitrogens with one attached hydrogen (secondary N) is 1. The summed E-state index contributed by atoms with van der Waals surface area (Å²) in [6.07, 6.45) is 3.71. The van der Waals surface area contributed by atoms with Crippen molar-refractivity contribution in [1.29, 1.82) is 0 Å². The van der Waals surface area contributed by atoms with Gasteiger partial charge >= 0.3 is 0 Å². The van der Waals surface area contributed by atoms with Crippen molar-refractivity contribution in [2.75, 3.05) is 19.7 Å². The van der Waals surface area contributed by atoms with E-state index in [4.69, 9.17) is 4.74 Å². The Balaban J connectivity index is 2.06. The lowest BCUT2D eigenvalue weighted by atomic mass is 10.00. The lowest BCUT2D eigenvalue weighted by Crippen LogP contribution is -2.24. The van der Waals surface area contributed by atoms with Gasteiger partial charge in [0.05, 0.1) is 6.10 Å². The van der Waals surface area contributed by atoms with Gasteiger partial charge < -0.3 is 10.1 Å². The number of aryl methyl sites for hydroxylation is 1. The van der Waals surface area contributed by atoms with Crippen molar-refractivity contribution in [3.8, 4) is 0 Å². The number of fused-ring (bicyclic) bond motifs is 1. The number of hydrogen-bond acceptors (Lipinski definition) is 2. The molecule has 0 aliphatic carbocycles. The molecule has 0 unspecified atom stereocenters. The van der Waals surface area contributed by atoms with Crippen LogP contribution in [-0.2, 0) is 11.2 Å². The summed E-state index contributed by atoms with van der Waals surface area (Å²) in [5.41, 5.74) is 2.84. The van der Waals surface area contributed by atoms with E-state index in [1.54, 1.807) is 0 Å². The fourth-order valence-corrected chi connectivity index (χ4v) is 2.23. The summed E-state index contributed by atoms with van der Waals surface area (Å²) in [6, 6.07) is 8.68. The van der Waals surface area contributed by atoms with E-state index in [0.29, 0.717) is 0 Å². The summed E-state index contributed by atoms with van der Waals surface area (Å²) in [5.74, 6) is 0. The largest absolute Gasteiger partial charge is 0.372 e. The molecule has 2 heteroatoms. The Morgan fingerprint density at radius 2 is 2.25 bits per heavy atom. The van der Waals surface area contributed by atoms with Crippen LogP contribution in [0, 0.1) is 0 Å². The van der Waals surface area contributed by atoms with Gasteiger partial charge in [0, 0.05) is 13.2 Å². The summed E-state index contributed by atoms with van der Waals surface area (Å²) in [5, 5.41) is 3.45. The molecule has 0 bridgehead atoms. The molecule has 0 aromatic heterocycles. The summed E-state index contributed by atoms with van der Waals surface area (Å²) in [7, 11) is 0. The molecule has 1 aromatic carbocycles. The van der Waals surface area contributed by atoms with Gasteiger partial charge in [-0.3, -0.25) is 0 Å². The van der Waals surface area contributed by atoms with Crippen LogP contribution in [0.2, 0.25) is 0 Å². The first-order chi connectivity index (χ1) is 7.92. The maximum atomic E-state index is 5.91. The first-order valence-electron chi connectivity index (χ1n) is 6.32. The standard InChI is InChI=1S/C14H21NO/c1-2-9-15-11-14-13-8-4-3-6-12(13)7-5-10-16-14/h3-4,6,8,14-15H,2,5,7,9-11H2,1H3/t14-/m1/s1. The van der Waals surface area contributed by atoms with Gasteiger partial charge in [0.2, 0.25) is 0 Å². The molecular formula is C14H21NO. The average Bonchev–Trinajstić information content (AvgIpc) is 2.52. The van der Waals surface area contributed by atoms with Gasteiger partial charge in [-0.05, 0) is 36.9 Å². The Morgan fingerprint density at radius 3 is 3.12 bits per heavy atom. The molecule has 16 heavy (non-hydrogen) atoms. The minimum absolute atomic E-state index is 0.241. The van der Waals surface area contributed by atoms with E-state index in [1.165, 1.54) is 17.5 Å². The summed E-state index contributed by atoms with van der Waals surface area (Å²) >= 11 is 0. The third-order valence-corrected chi connectivity index (χ3v) is 3.07. The van der Waals surface area contributed by atoms with Gasteiger partial charge in [-0.2, -0.15) is 0 Å². The lowest BCUT2D eigenvalue weighted by Gasteiger charge is -2.18. The Kier molecular flexibility index (Phi) is 4.37. The van der Waals surface area contributed by atoms with Crippen LogP contribution < -0.4 is 5.32 Å². The number of ether oxygens (including phenoxy) is 1. The van der Waals surface area contributed by atoms with Gasteiger partial charge in [-0.15, -0.1) is 0 Å². The molecule has 0 saturated heterocycles. The van der Waals surface area contributed by atoms with Gasteiger partial charge in [0.15, 0.2) is 0 Å². The molecule has 2 nitrogen and oxygen atoms in total. The van der Waals surface area contributed by atoms with Crippen molar-refractivity contribution in [3.63, 3.8) is 0 Å². The molecule has 1 aliphatic heterocycles. The van der Waals surface area contributed by atoms with Crippen LogP contribution in [0.3, 0.4) is 0 Å². The summed E-state index contributed by atoms with van der Waals surface area (Å²) in [6.45, 7) is 5.08. The quantitative estimate of drug-likeness (QED) is 0.786. The smallest absolute Gasteiger partial charge is 0.0951 e. The fraction of sp³-hybridized carbons (Fsp3) is 0.571. The molecule has 1 aromatic rings. The van der Waals surface area contributed by atoms with E-state index in [1.807, 2.05) is 0 Å². The molecule has 0 fully saturated rings. The zero-order valence-electron chi connectivity index (χ0n) is 10.0. The zero-order chi connectivity index (χ0) is 11.2. The molecule has 0 saturated carbocycles. The first-order valence-corrected chi connectivity index (χ1v) is 6.32. The topological polar surface area (TPSA) is 21.3 Å². The van der Waals surface area contributed by atoms with Crippen molar-refractivity contribution < 1.29 is 4.74 Å². The van der Waals surface area contributed by atoms with Gasteiger partial charge in [0.1, 0.15) is 0 Å². The van der Waals surface area contributed by atoms with E-state index in [0.717, 1.165) is 32.5 Å². The van der Waals surface area contributed by atoms with Crippen LogP contribution >= 0.6 is 0 Å². The third kappa shape index (κ3) is 2.83. The second kappa shape index (κ2) is 6.02. The van der Waals surface area contributed by atoms with E-state index < -0.39 is 0 Å². The van der Waals surface area contributed by atoms with Crippen LogP contribution in [0.4, 0.5) is 0 Å². The molecule has 1 atom stereocenters. The Labute approximate surface area is 98.0 Å². The molecule has 1 heterocycles. The molecule has 88 valence electrons. The van der Waals surface area contributed by atoms with E-state index in [-0.39, 0.29) is 6.10 Å². The predicted octanol–water partition coefficient (Wildman–Crippen LogP) is 2.69. The van der Waals surface area contributed by atoms with Crippen LogP contribution in [0.15, 0.2) is 24.3 Å². The molecule has 0 spiro atoms. The molecule has 1 N–H and O–H groups in total. The van der Waals surface area contributed by atoms with Crippen molar-refractivity contribution >= 4 is 0 Å². The highest BCUT2D eigenvalue weighted by Gasteiger charge is 2.17. The number of rotatable bonds is 4. The Morgan fingerprint density at radius 1 is 1.38 bits per heavy atom. The number of hydrogen-bond donors (Lipinski definition) is 1. The van der Waals surface area contributed by atoms with Gasteiger partial charge in [-0.1, -0.05) is 31.2 Å². The predicted molar refractivity (Wildman–Crippen MR) is 66.6 cm³/mol. The van der Waals surface area contributed by atoms with Crippen LogP contribution in [0.5, 0.6) is 0 Å². The van der Waals surface area contributed by atoms with E-state index in [9.17, 15) is 0 Å². The van der Waals surface area contributed by atoms with Crippen molar-refractivity contribution in [1.82, 2.24) is 5.32 Å². The Hall–Kier alpha value is -0.860. The maximum absolute atomic E-state index is 5.91. The molecule has 0 radical (unpaired) electrons. The van der Waals surface area contributed by atoms with Crippen molar-refractivity contribution in [3.05, 3.63) is 35.4 Å². The fourth-order valence-electron chi connectivity index (χ4n) is 2.23. The monoisotopic (exact) mass is 219 g/mol. The maximum Gasteiger partial charge on any atom is 0.0951 e. The summed E-state index contributed by atoms with van der Waals surface area (Å²) < 4.78 is 5.91. The van der Waals surface area contributed by atoms with Crippen LogP contribution in [0.1, 0.15) is 37.0 Å². The lowest BCUT2D eigenvalue weighted by molar-refractivity contribution is 0.0566. The molecule has 2 rings (SSSR count). The average molecular weight is 219 g/mol. The zero-order valence-corrected chi connectivity index (χ0v) is 10.0. The summed E-state index contributed by atoms with van der Waals surface area (Å²) in [4.78, 5) is 0. The second-order valence-corrected chi connectivity index (χ2v) is 4.37.